The number of hydrogen-bond acceptors (Lipinski definition) is 6. The molecule has 72 heavy (non-hydrogen) atoms. The lowest BCUT2D eigenvalue weighted by molar-refractivity contribution is 0.625. The quantitative estimate of drug-likeness (QED) is 0.143. The van der Waals surface area contributed by atoms with Gasteiger partial charge in [0.2, 0.25) is 0 Å². The lowest BCUT2D eigenvalue weighted by Crippen LogP contribution is -2.14. The fourth-order valence-corrected chi connectivity index (χ4v) is 9.93. The van der Waals surface area contributed by atoms with Crippen molar-refractivity contribution in [2.75, 3.05) is 0 Å². The monoisotopic (exact) mass is 941 g/mol. The average Bonchev–Trinajstić information content (AvgIpc) is 4.13. The summed E-state index contributed by atoms with van der Waals surface area (Å²) in [5.74, 6) is 1.39. The highest BCUT2D eigenvalue weighted by atomic mass is 19.1. The van der Waals surface area contributed by atoms with Crippen LogP contribution in [0.15, 0.2) is 212 Å². The number of halogens is 3. The van der Waals surface area contributed by atoms with Gasteiger partial charge in [0.25, 0.3) is 0 Å². The van der Waals surface area contributed by atoms with Gasteiger partial charge in [-0.2, -0.15) is 0 Å². The molecule has 13 rings (SSSR count). The van der Waals surface area contributed by atoms with E-state index in [1.54, 1.807) is 18.2 Å². The average molecular weight is 942 g/mol. The van der Waals surface area contributed by atoms with E-state index >= 15 is 13.2 Å². The van der Waals surface area contributed by atoms with Crippen molar-refractivity contribution in [3.63, 3.8) is 0 Å². The maximum absolute atomic E-state index is 15.1. The zero-order chi connectivity index (χ0) is 48.3. The van der Waals surface area contributed by atoms with E-state index in [-0.39, 0.29) is 17.5 Å². The zero-order valence-corrected chi connectivity index (χ0v) is 38.2. The lowest BCUT2D eigenvalue weighted by Gasteiger charge is -2.23. The molecular formula is C60H38F3N9. The maximum atomic E-state index is 15.1. The second-order valence-electron chi connectivity index (χ2n) is 17.5. The van der Waals surface area contributed by atoms with Gasteiger partial charge >= 0.3 is 0 Å². The Labute approximate surface area is 410 Å². The van der Waals surface area contributed by atoms with Gasteiger partial charge in [-0.25, -0.2) is 43.1 Å². The Kier molecular flexibility index (Phi) is 10.3. The van der Waals surface area contributed by atoms with Crippen LogP contribution in [-0.2, 0) is 0 Å². The predicted octanol–water partition coefficient (Wildman–Crippen LogP) is 14.1. The molecule has 4 heterocycles. The number of hydrogen-bond donors (Lipinski definition) is 0. The Hall–Kier alpha value is -9.55. The van der Waals surface area contributed by atoms with Crippen LogP contribution in [0.25, 0.3) is 101 Å². The number of para-hydroxylation sites is 6. The molecule has 12 heteroatoms. The van der Waals surface area contributed by atoms with Crippen LogP contribution in [0.3, 0.4) is 0 Å². The van der Waals surface area contributed by atoms with E-state index in [1.807, 2.05) is 165 Å². The predicted molar refractivity (Wildman–Crippen MR) is 276 cm³/mol. The third-order valence-electron chi connectivity index (χ3n) is 13.1. The smallest absolute Gasteiger partial charge is 0.164 e. The molecule has 12 aromatic rings. The number of nitrogens with zero attached hydrogens (tertiary/aromatic N) is 9. The van der Waals surface area contributed by atoms with Gasteiger partial charge in [-0.3, -0.25) is 13.7 Å². The molecule has 0 radical (unpaired) electrons. The summed E-state index contributed by atoms with van der Waals surface area (Å²) in [6.07, 6.45) is 6.64. The molecule has 344 valence electrons. The Morgan fingerprint density at radius 2 is 0.778 bits per heavy atom. The van der Waals surface area contributed by atoms with Crippen molar-refractivity contribution in [1.29, 1.82) is 0 Å². The number of aromatic nitrogens is 9. The van der Waals surface area contributed by atoms with Crippen LogP contribution < -0.4 is 0 Å². The molecule has 0 spiro atoms. The molecule has 0 aliphatic heterocycles. The van der Waals surface area contributed by atoms with Gasteiger partial charge in [-0.15, -0.1) is 0 Å². The Morgan fingerprint density at radius 3 is 1.26 bits per heavy atom. The van der Waals surface area contributed by atoms with Gasteiger partial charge < -0.3 is 0 Å². The number of benzene rings is 8. The normalized spacial score (nSPS) is 13.6. The first-order valence-electron chi connectivity index (χ1n) is 23.5. The topological polar surface area (TPSA) is 92.1 Å². The minimum atomic E-state index is -0.395. The van der Waals surface area contributed by atoms with Gasteiger partial charge in [-0.05, 0) is 97.4 Å². The summed E-state index contributed by atoms with van der Waals surface area (Å²) in [4.78, 5) is 31.7. The minimum Gasteiger partial charge on any atom is -0.296 e. The van der Waals surface area contributed by atoms with Crippen LogP contribution in [0.5, 0.6) is 0 Å². The van der Waals surface area contributed by atoms with Gasteiger partial charge in [0.1, 0.15) is 34.9 Å². The van der Waals surface area contributed by atoms with Crippen LogP contribution >= 0.6 is 0 Å². The first kappa shape index (κ1) is 42.5. The first-order chi connectivity index (χ1) is 35.4. The molecule has 1 aliphatic rings. The molecule has 0 fully saturated rings. The Balaban J connectivity index is 1.06. The molecule has 8 aromatic carbocycles. The van der Waals surface area contributed by atoms with Crippen molar-refractivity contribution in [3.05, 3.63) is 241 Å². The van der Waals surface area contributed by atoms with Crippen LogP contribution in [0.4, 0.5) is 13.2 Å². The Morgan fingerprint density at radius 1 is 0.375 bits per heavy atom. The van der Waals surface area contributed by atoms with Crippen molar-refractivity contribution >= 4 is 38.7 Å². The summed E-state index contributed by atoms with van der Waals surface area (Å²) < 4.78 is 51.1. The summed E-state index contributed by atoms with van der Waals surface area (Å²) in [5.41, 5.74) is 9.92. The second kappa shape index (κ2) is 17.4. The van der Waals surface area contributed by atoms with E-state index in [4.69, 9.17) is 29.9 Å². The highest BCUT2D eigenvalue weighted by molar-refractivity contribution is 5.90. The van der Waals surface area contributed by atoms with Gasteiger partial charge in [0, 0.05) is 33.7 Å². The molecule has 1 aliphatic carbocycles. The maximum Gasteiger partial charge on any atom is 0.164 e. The van der Waals surface area contributed by atoms with Crippen LogP contribution in [-0.4, -0.2) is 43.6 Å². The molecular weight excluding hydrogens is 904 g/mol. The molecule has 0 amide bonds. The molecule has 1 unspecified atom stereocenters. The standard InChI is InChI=1S/C60H38F3N9/c61-37-16-13-19-40(34-37)70-52-31-10-7-28-49(52)64-58(70)46-25-4-1-22-43(46)55-67-56(44-23-2-5-26-47(44)59-65-50-29-8-11-32-53(50)71(59)41-20-14-17-38(62)35-41)69-57(68-55)45-24-3-6-27-48(45)60-66-51-30-9-12-33-54(51)72(60)42-21-15-18-39(63)36-42/h1-26,28-36,48H,27H2. The van der Waals surface area contributed by atoms with E-state index in [0.29, 0.717) is 80.7 Å². The van der Waals surface area contributed by atoms with E-state index in [2.05, 4.69) is 6.08 Å². The molecule has 0 saturated heterocycles. The van der Waals surface area contributed by atoms with Gasteiger partial charge in [-0.1, -0.05) is 121 Å². The number of rotatable bonds is 9. The fraction of sp³-hybridized carbons (Fsp3) is 0.0333. The fourth-order valence-electron chi connectivity index (χ4n) is 9.93. The van der Waals surface area contributed by atoms with Gasteiger partial charge in [0.15, 0.2) is 17.5 Å². The van der Waals surface area contributed by atoms with Crippen molar-refractivity contribution in [2.24, 2.45) is 0 Å². The number of allylic oxidation sites excluding steroid dienone is 4. The third-order valence-corrected chi connectivity index (χ3v) is 13.1. The summed E-state index contributed by atoms with van der Waals surface area (Å²) >= 11 is 0. The molecule has 9 nitrogen and oxygen atoms in total. The SMILES string of the molecule is Fc1cccc(-n2c(-c3ccccc3-c3nc(C4=CC=CCC4c4nc5ccccc5n4-c4cccc(F)c4)nc(-c4ccccc4-c4nc5ccccc5n4-c4cccc(F)c4)n3)nc3ccccc32)c1. The highest BCUT2D eigenvalue weighted by Gasteiger charge is 2.30. The van der Waals surface area contributed by atoms with E-state index < -0.39 is 5.92 Å². The summed E-state index contributed by atoms with van der Waals surface area (Å²) in [5, 5.41) is 0. The van der Waals surface area contributed by atoms with Crippen molar-refractivity contribution < 1.29 is 13.2 Å². The molecule has 0 bridgehead atoms. The summed E-state index contributed by atoms with van der Waals surface area (Å²) in [6.45, 7) is 0. The highest BCUT2D eigenvalue weighted by Crippen LogP contribution is 2.42. The van der Waals surface area contributed by atoms with Crippen molar-refractivity contribution in [2.45, 2.75) is 12.3 Å². The molecule has 0 N–H and O–H groups in total. The van der Waals surface area contributed by atoms with E-state index in [1.165, 1.54) is 36.4 Å². The second-order valence-corrected chi connectivity index (χ2v) is 17.5. The molecule has 4 aromatic heterocycles. The van der Waals surface area contributed by atoms with E-state index in [9.17, 15) is 0 Å². The van der Waals surface area contributed by atoms with Crippen LogP contribution in [0.2, 0.25) is 0 Å². The minimum absolute atomic E-state index is 0.352. The van der Waals surface area contributed by atoms with Crippen molar-refractivity contribution in [3.8, 4) is 62.6 Å². The third kappa shape index (κ3) is 7.35. The van der Waals surface area contributed by atoms with E-state index in [0.717, 1.165) is 38.7 Å². The van der Waals surface area contributed by atoms with Crippen LogP contribution in [0.1, 0.15) is 24.0 Å². The van der Waals surface area contributed by atoms with Gasteiger partial charge in [0.05, 0.1) is 50.2 Å². The number of imidazole rings is 3. The lowest BCUT2D eigenvalue weighted by atomic mass is 9.89. The molecule has 0 saturated carbocycles. The summed E-state index contributed by atoms with van der Waals surface area (Å²) in [7, 11) is 0. The Bertz CT molecular complexity index is 3980. The molecule has 1 atom stereocenters. The number of fused-ring (bicyclic) bond motifs is 3. The summed E-state index contributed by atoms with van der Waals surface area (Å²) in [6, 6.07) is 58.4. The zero-order valence-electron chi connectivity index (χ0n) is 38.2. The van der Waals surface area contributed by atoms with Crippen molar-refractivity contribution in [1.82, 2.24) is 43.6 Å². The largest absolute Gasteiger partial charge is 0.296 e. The first-order valence-corrected chi connectivity index (χ1v) is 23.5. The van der Waals surface area contributed by atoms with Crippen LogP contribution in [0, 0.1) is 17.5 Å².